The number of ether oxygens (including phenoxy) is 2. The third-order valence-electron chi connectivity index (χ3n) is 7.37. The highest BCUT2D eigenvalue weighted by molar-refractivity contribution is 7.09. The number of rotatable bonds is 8. The number of aromatic nitrogens is 1. The molecule has 0 N–H and O–H groups in total. The van der Waals surface area contributed by atoms with Gasteiger partial charge in [0.15, 0.2) is 11.5 Å². The van der Waals surface area contributed by atoms with Gasteiger partial charge in [0.2, 0.25) is 6.79 Å². The van der Waals surface area contributed by atoms with E-state index in [0.29, 0.717) is 72.1 Å². The van der Waals surface area contributed by atoms with Gasteiger partial charge in [-0.25, -0.2) is 4.98 Å². The second-order valence-electron chi connectivity index (χ2n) is 10.4. The Morgan fingerprint density at radius 1 is 0.907 bits per heavy atom. The zero-order chi connectivity index (χ0) is 30.0. The topological polar surface area (TPSA) is 58.1 Å². The lowest BCUT2D eigenvalue weighted by molar-refractivity contribution is -0.137. The van der Waals surface area contributed by atoms with Crippen molar-refractivity contribution in [3.63, 3.8) is 0 Å². The highest BCUT2D eigenvalue weighted by Crippen LogP contribution is 2.34. The number of piperazine rings is 1. The third-order valence-corrected chi connectivity index (χ3v) is 8.44. The number of hydrogen-bond donors (Lipinski definition) is 0. The number of thiazole rings is 1. The highest BCUT2D eigenvalue weighted by atomic mass is 35.5. The van der Waals surface area contributed by atoms with E-state index in [1.54, 1.807) is 16.3 Å². The van der Waals surface area contributed by atoms with Crippen molar-refractivity contribution in [2.75, 3.05) is 37.9 Å². The van der Waals surface area contributed by atoms with Gasteiger partial charge in [-0.2, -0.15) is 13.2 Å². The van der Waals surface area contributed by atoms with Crippen LogP contribution in [-0.4, -0.2) is 53.7 Å². The molecule has 224 valence electrons. The molecule has 43 heavy (non-hydrogen) atoms. The van der Waals surface area contributed by atoms with Crippen LogP contribution in [0, 0.1) is 0 Å². The standard InChI is InChI=1S/C31H28ClF3N4O3S/c32-24-5-2-6-25(15-24)38-9-11-39(12-10-38)30(40)26-19-43-29(36-26)18-37(16-21-3-1-4-23(13-21)31(33,34)35)17-22-7-8-27-28(14-22)42-20-41-27/h1-8,13-15,19H,9-12,16-18,20H2. The Kier molecular flexibility index (Phi) is 8.47. The Hall–Kier alpha value is -3.80. The van der Waals surface area contributed by atoms with E-state index >= 15 is 0 Å². The number of benzene rings is 3. The van der Waals surface area contributed by atoms with Gasteiger partial charge in [-0.1, -0.05) is 41.9 Å². The first-order valence-electron chi connectivity index (χ1n) is 13.7. The van der Waals surface area contributed by atoms with Crippen LogP contribution in [0.15, 0.2) is 72.1 Å². The molecule has 1 saturated heterocycles. The van der Waals surface area contributed by atoms with Crippen LogP contribution in [-0.2, 0) is 25.8 Å². The smallest absolute Gasteiger partial charge is 0.416 e. The highest BCUT2D eigenvalue weighted by Gasteiger charge is 2.30. The Labute approximate surface area is 256 Å². The van der Waals surface area contributed by atoms with Crippen LogP contribution in [0.3, 0.4) is 0 Å². The van der Waals surface area contributed by atoms with Crippen molar-refractivity contribution in [2.45, 2.75) is 25.8 Å². The number of anilines is 1. The Balaban J connectivity index is 1.15. The Morgan fingerprint density at radius 2 is 1.65 bits per heavy atom. The summed E-state index contributed by atoms with van der Waals surface area (Å²) in [6, 6.07) is 18.6. The number of carbonyl (C=O) groups excluding carboxylic acids is 1. The summed E-state index contributed by atoms with van der Waals surface area (Å²) >= 11 is 7.51. The van der Waals surface area contributed by atoms with Crippen molar-refractivity contribution in [1.29, 1.82) is 0 Å². The maximum atomic E-state index is 13.4. The van der Waals surface area contributed by atoms with Gasteiger partial charge in [-0.15, -0.1) is 11.3 Å². The minimum Gasteiger partial charge on any atom is -0.454 e. The largest absolute Gasteiger partial charge is 0.454 e. The first-order valence-corrected chi connectivity index (χ1v) is 15.0. The van der Waals surface area contributed by atoms with E-state index in [9.17, 15) is 18.0 Å². The summed E-state index contributed by atoms with van der Waals surface area (Å²) in [4.78, 5) is 23.9. The van der Waals surface area contributed by atoms with E-state index in [0.717, 1.165) is 17.3 Å². The van der Waals surface area contributed by atoms with Gasteiger partial charge in [-0.3, -0.25) is 9.69 Å². The number of carbonyl (C=O) groups is 1. The normalized spacial score (nSPS) is 14.9. The summed E-state index contributed by atoms with van der Waals surface area (Å²) in [5.41, 5.74) is 2.16. The number of fused-ring (bicyclic) bond motifs is 1. The molecule has 0 unspecified atom stereocenters. The molecule has 4 aromatic rings. The first-order chi connectivity index (χ1) is 20.7. The second kappa shape index (κ2) is 12.4. The molecule has 0 spiro atoms. The van der Waals surface area contributed by atoms with E-state index in [-0.39, 0.29) is 19.2 Å². The Bertz CT molecular complexity index is 1610. The van der Waals surface area contributed by atoms with Gasteiger partial charge in [0.1, 0.15) is 10.7 Å². The molecule has 2 aliphatic heterocycles. The van der Waals surface area contributed by atoms with Crippen LogP contribution in [0.2, 0.25) is 5.02 Å². The summed E-state index contributed by atoms with van der Waals surface area (Å²) in [5, 5.41) is 3.13. The molecule has 2 aliphatic rings. The zero-order valence-corrected chi connectivity index (χ0v) is 24.6. The van der Waals surface area contributed by atoms with Gasteiger partial charge in [0.05, 0.1) is 12.1 Å². The predicted octanol–water partition coefficient (Wildman–Crippen LogP) is 6.71. The molecular formula is C31H28ClF3N4O3S. The number of nitrogens with zero attached hydrogens (tertiary/aromatic N) is 4. The van der Waals surface area contributed by atoms with Crippen LogP contribution >= 0.6 is 22.9 Å². The molecule has 12 heteroatoms. The maximum absolute atomic E-state index is 13.4. The molecule has 0 bridgehead atoms. The quantitative estimate of drug-likeness (QED) is 0.216. The average Bonchev–Trinajstić information content (AvgIpc) is 3.66. The van der Waals surface area contributed by atoms with Crippen LogP contribution in [0.5, 0.6) is 11.5 Å². The van der Waals surface area contributed by atoms with Gasteiger partial charge < -0.3 is 19.3 Å². The van der Waals surface area contributed by atoms with Crippen molar-refractivity contribution in [2.24, 2.45) is 0 Å². The fraction of sp³-hybridized carbons (Fsp3) is 0.290. The van der Waals surface area contributed by atoms with Crippen LogP contribution < -0.4 is 14.4 Å². The molecule has 6 rings (SSSR count). The zero-order valence-electron chi connectivity index (χ0n) is 23.0. The van der Waals surface area contributed by atoms with E-state index in [1.807, 2.05) is 47.4 Å². The predicted molar refractivity (Wildman–Crippen MR) is 159 cm³/mol. The summed E-state index contributed by atoms with van der Waals surface area (Å²) in [7, 11) is 0. The third kappa shape index (κ3) is 7.06. The molecule has 3 aromatic carbocycles. The summed E-state index contributed by atoms with van der Waals surface area (Å²) in [6.45, 7) is 3.68. The fourth-order valence-electron chi connectivity index (χ4n) is 5.24. The molecule has 3 heterocycles. The lowest BCUT2D eigenvalue weighted by Gasteiger charge is -2.35. The van der Waals surface area contributed by atoms with Crippen molar-refractivity contribution in [3.05, 3.63) is 105 Å². The van der Waals surface area contributed by atoms with E-state index < -0.39 is 11.7 Å². The SMILES string of the molecule is O=C(c1csc(CN(Cc2cccc(C(F)(F)F)c2)Cc2ccc3c(c2)OCO3)n1)N1CCN(c2cccc(Cl)c2)CC1. The molecule has 7 nitrogen and oxygen atoms in total. The Morgan fingerprint density at radius 3 is 2.42 bits per heavy atom. The second-order valence-corrected chi connectivity index (χ2v) is 11.8. The van der Waals surface area contributed by atoms with Gasteiger partial charge in [-0.05, 0) is 47.5 Å². The van der Waals surface area contributed by atoms with E-state index in [4.69, 9.17) is 21.1 Å². The van der Waals surface area contributed by atoms with Crippen molar-refractivity contribution in [3.8, 4) is 11.5 Å². The molecule has 1 amide bonds. The van der Waals surface area contributed by atoms with E-state index in [1.165, 1.54) is 23.5 Å². The summed E-state index contributed by atoms with van der Waals surface area (Å²) in [6.07, 6.45) is -4.43. The van der Waals surface area contributed by atoms with Gasteiger partial charge in [0.25, 0.3) is 5.91 Å². The van der Waals surface area contributed by atoms with Crippen LogP contribution in [0.4, 0.5) is 18.9 Å². The average molecular weight is 629 g/mol. The van der Waals surface area contributed by atoms with Crippen LogP contribution in [0.25, 0.3) is 0 Å². The van der Waals surface area contributed by atoms with Crippen molar-refractivity contribution in [1.82, 2.24) is 14.8 Å². The van der Waals surface area contributed by atoms with Gasteiger partial charge in [0, 0.05) is 55.4 Å². The molecule has 0 saturated carbocycles. The molecule has 0 radical (unpaired) electrons. The number of alkyl halides is 3. The van der Waals surface area contributed by atoms with E-state index in [2.05, 4.69) is 9.88 Å². The lowest BCUT2D eigenvalue weighted by Crippen LogP contribution is -2.48. The van der Waals surface area contributed by atoms with Crippen molar-refractivity contribution >= 4 is 34.5 Å². The molecule has 1 aromatic heterocycles. The van der Waals surface area contributed by atoms with Crippen LogP contribution in [0.1, 0.15) is 32.2 Å². The monoisotopic (exact) mass is 628 g/mol. The van der Waals surface area contributed by atoms with Crippen molar-refractivity contribution < 1.29 is 27.4 Å². The van der Waals surface area contributed by atoms with Gasteiger partial charge >= 0.3 is 6.18 Å². The molecule has 0 atom stereocenters. The minimum atomic E-state index is -4.43. The number of hydrogen-bond acceptors (Lipinski definition) is 7. The first kappa shape index (κ1) is 29.3. The summed E-state index contributed by atoms with van der Waals surface area (Å²) < 4.78 is 51.1. The fourth-order valence-corrected chi connectivity index (χ4v) is 6.24. The minimum absolute atomic E-state index is 0.131. The number of amides is 1. The number of halogens is 4. The molecule has 1 fully saturated rings. The molecular weight excluding hydrogens is 601 g/mol. The lowest BCUT2D eigenvalue weighted by atomic mass is 10.1. The maximum Gasteiger partial charge on any atom is 0.416 e. The molecule has 0 aliphatic carbocycles. The summed E-state index contributed by atoms with van der Waals surface area (Å²) in [5.74, 6) is 1.16.